The first-order chi connectivity index (χ1) is 7.04. The molecule has 0 atom stereocenters. The number of nitrogens with zero attached hydrogens (tertiary/aromatic N) is 2. The van der Waals surface area contributed by atoms with Gasteiger partial charge < -0.3 is 4.74 Å². The summed E-state index contributed by atoms with van der Waals surface area (Å²) >= 11 is 16.8. The van der Waals surface area contributed by atoms with Gasteiger partial charge in [-0.15, -0.1) is 0 Å². The van der Waals surface area contributed by atoms with E-state index in [1.54, 1.807) is 6.92 Å². The SMILES string of the molecule is CCOC(=O)Nc1nc(Cl)c(Cl)nc1Cl. The van der Waals surface area contributed by atoms with Gasteiger partial charge in [0.2, 0.25) is 0 Å². The molecule has 15 heavy (non-hydrogen) atoms. The molecule has 1 aromatic rings. The minimum atomic E-state index is -0.688. The molecule has 0 spiro atoms. The van der Waals surface area contributed by atoms with Crippen molar-refractivity contribution in [2.24, 2.45) is 0 Å². The number of amides is 1. The standard InChI is InChI=1S/C7H6Cl3N3O2/c1-2-15-7(14)13-6-5(10)11-3(8)4(9)12-6/h2H2,1H3,(H,12,13,14). The number of carbonyl (C=O) groups is 1. The van der Waals surface area contributed by atoms with Crippen LogP contribution in [0.5, 0.6) is 0 Å². The van der Waals surface area contributed by atoms with Gasteiger partial charge in [0, 0.05) is 0 Å². The molecule has 0 saturated heterocycles. The van der Waals surface area contributed by atoms with Crippen molar-refractivity contribution in [1.29, 1.82) is 0 Å². The number of halogens is 3. The third kappa shape index (κ3) is 3.37. The number of aromatic nitrogens is 2. The molecule has 8 heteroatoms. The molecule has 0 aromatic carbocycles. The summed E-state index contributed by atoms with van der Waals surface area (Å²) < 4.78 is 4.62. The molecule has 0 unspecified atom stereocenters. The van der Waals surface area contributed by atoms with Gasteiger partial charge in [-0.2, -0.15) is 0 Å². The molecule has 0 aliphatic rings. The molecule has 1 amide bonds. The van der Waals surface area contributed by atoms with E-state index in [-0.39, 0.29) is 27.9 Å². The van der Waals surface area contributed by atoms with E-state index in [0.717, 1.165) is 0 Å². The Morgan fingerprint density at radius 1 is 1.27 bits per heavy atom. The van der Waals surface area contributed by atoms with Gasteiger partial charge in [-0.3, -0.25) is 5.32 Å². The van der Waals surface area contributed by atoms with Crippen LogP contribution in [-0.2, 0) is 4.74 Å². The average molecular weight is 271 g/mol. The van der Waals surface area contributed by atoms with Gasteiger partial charge in [0.05, 0.1) is 6.61 Å². The fourth-order valence-corrected chi connectivity index (χ4v) is 1.19. The van der Waals surface area contributed by atoms with E-state index in [0.29, 0.717) is 0 Å². The van der Waals surface area contributed by atoms with Crippen molar-refractivity contribution in [3.63, 3.8) is 0 Å². The van der Waals surface area contributed by atoms with E-state index in [4.69, 9.17) is 34.8 Å². The zero-order valence-corrected chi connectivity index (χ0v) is 9.82. The highest BCUT2D eigenvalue weighted by Crippen LogP contribution is 2.24. The number of nitrogens with one attached hydrogen (secondary N) is 1. The quantitative estimate of drug-likeness (QED) is 0.897. The molecule has 1 aromatic heterocycles. The van der Waals surface area contributed by atoms with Gasteiger partial charge in [-0.1, -0.05) is 34.8 Å². The maximum Gasteiger partial charge on any atom is 0.412 e. The van der Waals surface area contributed by atoms with Crippen molar-refractivity contribution in [1.82, 2.24) is 9.97 Å². The average Bonchev–Trinajstić information content (AvgIpc) is 2.14. The third-order valence-corrected chi connectivity index (χ3v) is 2.16. The molecule has 1 N–H and O–H groups in total. The van der Waals surface area contributed by atoms with Crippen molar-refractivity contribution >= 4 is 46.7 Å². The molecule has 5 nitrogen and oxygen atoms in total. The summed E-state index contributed by atoms with van der Waals surface area (Å²) in [7, 11) is 0. The Labute approximate surface area is 101 Å². The molecule has 0 aliphatic carbocycles. The lowest BCUT2D eigenvalue weighted by molar-refractivity contribution is 0.168. The monoisotopic (exact) mass is 269 g/mol. The highest BCUT2D eigenvalue weighted by Gasteiger charge is 2.12. The van der Waals surface area contributed by atoms with Crippen LogP contribution >= 0.6 is 34.8 Å². The number of ether oxygens (including phenoxy) is 1. The second-order valence-corrected chi connectivity index (χ2v) is 3.36. The number of carbonyl (C=O) groups excluding carboxylic acids is 1. The van der Waals surface area contributed by atoms with Crippen LogP contribution in [0.15, 0.2) is 0 Å². The second kappa shape index (κ2) is 5.34. The second-order valence-electron chi connectivity index (χ2n) is 2.29. The van der Waals surface area contributed by atoms with Crippen LogP contribution in [0.3, 0.4) is 0 Å². The van der Waals surface area contributed by atoms with Crippen LogP contribution in [0.2, 0.25) is 15.5 Å². The minimum absolute atomic E-state index is 0.00418. The predicted molar refractivity (Wildman–Crippen MR) is 57.7 cm³/mol. The first-order valence-electron chi connectivity index (χ1n) is 3.87. The first kappa shape index (κ1) is 12.3. The summed E-state index contributed by atoms with van der Waals surface area (Å²) in [4.78, 5) is 18.4. The molecule has 1 rings (SSSR count). The van der Waals surface area contributed by atoms with Gasteiger partial charge in [-0.25, -0.2) is 14.8 Å². The molecule has 0 saturated carbocycles. The maximum absolute atomic E-state index is 11.0. The molecule has 0 fully saturated rings. The Bertz CT molecular complexity index is 386. The van der Waals surface area contributed by atoms with Gasteiger partial charge in [0.15, 0.2) is 21.3 Å². The Morgan fingerprint density at radius 3 is 2.47 bits per heavy atom. The van der Waals surface area contributed by atoms with Crippen LogP contribution in [-0.4, -0.2) is 22.7 Å². The van der Waals surface area contributed by atoms with E-state index in [2.05, 4.69) is 20.0 Å². The first-order valence-corrected chi connectivity index (χ1v) is 5.00. The van der Waals surface area contributed by atoms with Crippen molar-refractivity contribution in [3.8, 4) is 0 Å². The zero-order chi connectivity index (χ0) is 11.4. The van der Waals surface area contributed by atoms with E-state index in [1.165, 1.54) is 0 Å². The summed E-state index contributed by atoms with van der Waals surface area (Å²) in [6.45, 7) is 1.90. The van der Waals surface area contributed by atoms with Crippen molar-refractivity contribution < 1.29 is 9.53 Å². The number of hydrogen-bond acceptors (Lipinski definition) is 4. The Hall–Kier alpha value is -0.780. The number of hydrogen-bond donors (Lipinski definition) is 1. The van der Waals surface area contributed by atoms with Gasteiger partial charge in [0.1, 0.15) is 0 Å². The molecule has 82 valence electrons. The van der Waals surface area contributed by atoms with Crippen molar-refractivity contribution in [2.75, 3.05) is 11.9 Å². The molecule has 0 radical (unpaired) electrons. The van der Waals surface area contributed by atoms with Crippen LogP contribution in [0, 0.1) is 0 Å². The Morgan fingerprint density at radius 2 is 1.87 bits per heavy atom. The van der Waals surface area contributed by atoms with Crippen LogP contribution in [0.1, 0.15) is 6.92 Å². The van der Waals surface area contributed by atoms with Gasteiger partial charge in [0.25, 0.3) is 0 Å². The van der Waals surface area contributed by atoms with E-state index >= 15 is 0 Å². The highest BCUT2D eigenvalue weighted by atomic mass is 35.5. The van der Waals surface area contributed by atoms with Crippen LogP contribution in [0.4, 0.5) is 10.6 Å². The van der Waals surface area contributed by atoms with Crippen LogP contribution in [0.25, 0.3) is 0 Å². The summed E-state index contributed by atoms with van der Waals surface area (Å²) in [5.41, 5.74) is 0. The van der Waals surface area contributed by atoms with Crippen molar-refractivity contribution in [3.05, 3.63) is 15.5 Å². The topological polar surface area (TPSA) is 64.1 Å². The number of anilines is 1. The normalized spacial score (nSPS) is 9.87. The largest absolute Gasteiger partial charge is 0.450 e. The van der Waals surface area contributed by atoms with Crippen molar-refractivity contribution in [2.45, 2.75) is 6.92 Å². The molecule has 0 aliphatic heterocycles. The Kier molecular flexibility index (Phi) is 4.38. The highest BCUT2D eigenvalue weighted by molar-refractivity contribution is 6.41. The zero-order valence-electron chi connectivity index (χ0n) is 7.55. The third-order valence-electron chi connectivity index (χ3n) is 1.27. The lowest BCUT2D eigenvalue weighted by Crippen LogP contribution is -2.15. The van der Waals surface area contributed by atoms with Gasteiger partial charge in [-0.05, 0) is 6.92 Å². The molecular weight excluding hydrogens is 264 g/mol. The molecule has 1 heterocycles. The van der Waals surface area contributed by atoms with E-state index < -0.39 is 6.09 Å². The van der Waals surface area contributed by atoms with E-state index in [1.807, 2.05) is 0 Å². The molecule has 0 bridgehead atoms. The lowest BCUT2D eigenvalue weighted by atomic mass is 10.6. The summed E-state index contributed by atoms with van der Waals surface area (Å²) in [6.07, 6.45) is -0.688. The van der Waals surface area contributed by atoms with Crippen LogP contribution < -0.4 is 5.32 Å². The fraction of sp³-hybridized carbons (Fsp3) is 0.286. The maximum atomic E-state index is 11.0. The van der Waals surface area contributed by atoms with Gasteiger partial charge >= 0.3 is 6.09 Å². The fourth-order valence-electron chi connectivity index (χ4n) is 0.719. The summed E-state index contributed by atoms with van der Waals surface area (Å²) in [5, 5.41) is 2.13. The summed E-state index contributed by atoms with van der Waals surface area (Å²) in [6, 6.07) is 0. The molecular formula is C7H6Cl3N3O2. The summed E-state index contributed by atoms with van der Waals surface area (Å²) in [5.74, 6) is 0.00418. The smallest absolute Gasteiger partial charge is 0.412 e. The predicted octanol–water partition coefficient (Wildman–Crippen LogP) is 3.01. The Balaban J connectivity index is 2.86. The van der Waals surface area contributed by atoms with E-state index in [9.17, 15) is 4.79 Å². The minimum Gasteiger partial charge on any atom is -0.450 e. The number of rotatable bonds is 2. The lowest BCUT2D eigenvalue weighted by Gasteiger charge is -2.06.